The summed E-state index contributed by atoms with van der Waals surface area (Å²) in [6.45, 7) is 0.541. The number of hydrogen-bond acceptors (Lipinski definition) is 2. The van der Waals surface area contributed by atoms with Gasteiger partial charge in [0.05, 0.1) is 6.61 Å². The number of nitrogens with one attached hydrogen (secondary N) is 1. The summed E-state index contributed by atoms with van der Waals surface area (Å²) >= 11 is 0. The molecule has 0 heterocycles. The van der Waals surface area contributed by atoms with Crippen molar-refractivity contribution < 1.29 is 9.63 Å². The van der Waals surface area contributed by atoms with Crippen molar-refractivity contribution in [2.45, 2.75) is 25.7 Å². The number of benzene rings is 1. The molecule has 0 radical (unpaired) electrons. The van der Waals surface area contributed by atoms with Gasteiger partial charge in [0, 0.05) is 12.8 Å². The number of carbonyl (C=O) groups excluding carboxylic acids is 1. The lowest BCUT2D eigenvalue weighted by Crippen LogP contribution is -2.12. The Kier molecular flexibility index (Phi) is 7.37. The quantitative estimate of drug-likeness (QED) is 0.338. The zero-order valence-corrected chi connectivity index (χ0v) is 9.82. The molecule has 1 N–H and O–H groups in total. The topological polar surface area (TPSA) is 38.3 Å². The van der Waals surface area contributed by atoms with Gasteiger partial charge < -0.3 is 0 Å². The van der Waals surface area contributed by atoms with Gasteiger partial charge in [-0.15, -0.1) is 5.92 Å². The average Bonchev–Trinajstić information content (AvgIpc) is 2.38. The molecule has 0 saturated carbocycles. The van der Waals surface area contributed by atoms with Crippen LogP contribution in [0.15, 0.2) is 30.3 Å². The fourth-order valence-corrected chi connectivity index (χ4v) is 1.33. The fraction of sp³-hybridized carbons (Fsp3) is 0.357. The molecule has 0 saturated heterocycles. The summed E-state index contributed by atoms with van der Waals surface area (Å²) in [5, 5.41) is 0. The van der Waals surface area contributed by atoms with Crippen molar-refractivity contribution in [1.82, 2.24) is 5.48 Å². The van der Waals surface area contributed by atoms with Crippen molar-refractivity contribution in [3.8, 4) is 11.8 Å². The molecule has 1 aromatic rings. The number of unbranched alkanes of at least 4 members (excludes halogenated alkanes) is 2. The minimum Gasteiger partial charge on any atom is -0.277 e. The fourth-order valence-electron chi connectivity index (χ4n) is 1.33. The van der Waals surface area contributed by atoms with Crippen LogP contribution >= 0.6 is 0 Å². The predicted octanol–water partition coefficient (Wildman–Crippen LogP) is 2.08. The maximum Gasteiger partial charge on any atom is 0.230 e. The van der Waals surface area contributed by atoms with E-state index in [0.29, 0.717) is 13.0 Å². The molecule has 1 rings (SSSR count). The maximum absolute atomic E-state index is 9.86. The van der Waals surface area contributed by atoms with Crippen LogP contribution in [0.1, 0.15) is 24.8 Å². The smallest absolute Gasteiger partial charge is 0.230 e. The minimum absolute atomic E-state index is 0.527. The van der Waals surface area contributed by atoms with E-state index in [1.165, 1.54) is 5.56 Å². The van der Waals surface area contributed by atoms with Crippen LogP contribution in [0.5, 0.6) is 0 Å². The van der Waals surface area contributed by atoms with E-state index in [0.717, 1.165) is 25.7 Å². The van der Waals surface area contributed by atoms with E-state index in [2.05, 4.69) is 29.5 Å². The molecular formula is C14H17NO2. The van der Waals surface area contributed by atoms with Crippen LogP contribution in [0.4, 0.5) is 0 Å². The van der Waals surface area contributed by atoms with Crippen LogP contribution in [0, 0.1) is 11.8 Å². The SMILES string of the molecule is O=CNOCCCCC#CCc1ccccc1. The summed E-state index contributed by atoms with van der Waals surface area (Å²) in [6.07, 6.45) is 4.10. The van der Waals surface area contributed by atoms with Crippen LogP contribution < -0.4 is 5.48 Å². The van der Waals surface area contributed by atoms with E-state index in [1.807, 2.05) is 18.2 Å². The van der Waals surface area contributed by atoms with Crippen LogP contribution in [-0.2, 0) is 16.1 Å². The normalized spacial score (nSPS) is 9.18. The molecule has 0 aliphatic carbocycles. The molecule has 90 valence electrons. The third-order valence-electron chi connectivity index (χ3n) is 2.19. The number of rotatable bonds is 7. The minimum atomic E-state index is 0.527. The van der Waals surface area contributed by atoms with Gasteiger partial charge in [-0.1, -0.05) is 36.3 Å². The molecule has 0 fully saturated rings. The molecule has 0 aliphatic rings. The number of amides is 1. The van der Waals surface area contributed by atoms with Crippen molar-refractivity contribution in [3.63, 3.8) is 0 Å². The molecule has 17 heavy (non-hydrogen) atoms. The standard InChI is InChI=1S/C14H17NO2/c16-13-15-17-12-8-3-1-2-5-9-14-10-6-4-7-11-14/h4,6-7,10-11,13H,1,3,8-9,12H2,(H,15,16). The first-order valence-corrected chi connectivity index (χ1v) is 5.74. The highest BCUT2D eigenvalue weighted by Crippen LogP contribution is 1.98. The van der Waals surface area contributed by atoms with E-state index in [4.69, 9.17) is 4.84 Å². The summed E-state index contributed by atoms with van der Waals surface area (Å²) in [6, 6.07) is 10.2. The zero-order valence-electron chi connectivity index (χ0n) is 9.82. The molecule has 3 heteroatoms. The summed E-state index contributed by atoms with van der Waals surface area (Å²) in [7, 11) is 0. The van der Waals surface area contributed by atoms with Crippen LogP contribution in [0.3, 0.4) is 0 Å². The molecule has 0 bridgehead atoms. The molecule has 1 amide bonds. The molecule has 1 aromatic carbocycles. The number of hydroxylamine groups is 1. The van der Waals surface area contributed by atoms with Gasteiger partial charge in [-0.2, -0.15) is 0 Å². The van der Waals surface area contributed by atoms with Gasteiger partial charge in [0.2, 0.25) is 6.41 Å². The second-order valence-corrected chi connectivity index (χ2v) is 3.56. The molecular weight excluding hydrogens is 214 g/mol. The van der Waals surface area contributed by atoms with Gasteiger partial charge in [-0.05, 0) is 18.4 Å². The molecule has 0 atom stereocenters. The Morgan fingerprint density at radius 3 is 2.76 bits per heavy atom. The van der Waals surface area contributed by atoms with Crippen molar-refractivity contribution in [3.05, 3.63) is 35.9 Å². The molecule has 0 aliphatic heterocycles. The van der Waals surface area contributed by atoms with Crippen LogP contribution in [0.25, 0.3) is 0 Å². The Morgan fingerprint density at radius 1 is 1.18 bits per heavy atom. The van der Waals surface area contributed by atoms with E-state index in [-0.39, 0.29) is 0 Å². The summed E-state index contributed by atoms with van der Waals surface area (Å²) in [5.74, 6) is 6.27. The lowest BCUT2D eigenvalue weighted by molar-refractivity contribution is -0.120. The Morgan fingerprint density at radius 2 is 2.00 bits per heavy atom. The lowest BCUT2D eigenvalue weighted by atomic mass is 10.1. The first-order chi connectivity index (χ1) is 8.43. The van der Waals surface area contributed by atoms with Gasteiger partial charge in [-0.3, -0.25) is 9.63 Å². The highest BCUT2D eigenvalue weighted by Gasteiger charge is 1.87. The van der Waals surface area contributed by atoms with Crippen molar-refractivity contribution in [1.29, 1.82) is 0 Å². The van der Waals surface area contributed by atoms with Gasteiger partial charge in [0.1, 0.15) is 0 Å². The van der Waals surface area contributed by atoms with Gasteiger partial charge in [-0.25, -0.2) is 5.48 Å². The van der Waals surface area contributed by atoms with Crippen molar-refractivity contribution in [2.75, 3.05) is 6.61 Å². The highest BCUT2D eigenvalue weighted by molar-refractivity contribution is 5.43. The highest BCUT2D eigenvalue weighted by atomic mass is 16.6. The largest absolute Gasteiger partial charge is 0.277 e. The van der Waals surface area contributed by atoms with Crippen molar-refractivity contribution >= 4 is 6.41 Å². The maximum atomic E-state index is 9.86. The Hall–Kier alpha value is -1.79. The first kappa shape index (κ1) is 13.3. The molecule has 0 spiro atoms. The van der Waals surface area contributed by atoms with Crippen LogP contribution in [0.2, 0.25) is 0 Å². The van der Waals surface area contributed by atoms with E-state index < -0.39 is 0 Å². The third kappa shape index (κ3) is 7.15. The van der Waals surface area contributed by atoms with E-state index >= 15 is 0 Å². The Labute approximate surface area is 102 Å². The van der Waals surface area contributed by atoms with E-state index in [9.17, 15) is 4.79 Å². The second-order valence-electron chi connectivity index (χ2n) is 3.56. The lowest BCUT2D eigenvalue weighted by Gasteiger charge is -1.97. The summed E-state index contributed by atoms with van der Waals surface area (Å²) < 4.78 is 0. The number of hydrogen-bond donors (Lipinski definition) is 1. The number of carbonyl (C=O) groups is 1. The Balaban J connectivity index is 2.01. The third-order valence-corrected chi connectivity index (χ3v) is 2.19. The molecule has 0 aromatic heterocycles. The summed E-state index contributed by atoms with van der Waals surface area (Å²) in [5.41, 5.74) is 3.40. The second kappa shape index (κ2) is 9.44. The van der Waals surface area contributed by atoms with Crippen molar-refractivity contribution in [2.24, 2.45) is 0 Å². The monoisotopic (exact) mass is 231 g/mol. The van der Waals surface area contributed by atoms with Crippen LogP contribution in [-0.4, -0.2) is 13.0 Å². The molecule has 3 nitrogen and oxygen atoms in total. The average molecular weight is 231 g/mol. The van der Waals surface area contributed by atoms with Gasteiger partial charge in [0.15, 0.2) is 0 Å². The first-order valence-electron chi connectivity index (χ1n) is 5.74. The van der Waals surface area contributed by atoms with E-state index in [1.54, 1.807) is 0 Å². The Bertz CT molecular complexity index is 365. The predicted molar refractivity (Wildman–Crippen MR) is 66.9 cm³/mol. The summed E-state index contributed by atoms with van der Waals surface area (Å²) in [4.78, 5) is 14.6. The van der Waals surface area contributed by atoms with Gasteiger partial charge in [0.25, 0.3) is 0 Å². The molecule has 0 unspecified atom stereocenters. The zero-order chi connectivity index (χ0) is 12.2. The van der Waals surface area contributed by atoms with Gasteiger partial charge >= 0.3 is 0 Å².